The van der Waals surface area contributed by atoms with Crippen LogP contribution in [0.1, 0.15) is 106 Å². The molecule has 1 nitrogen and oxygen atoms in total. The summed E-state index contributed by atoms with van der Waals surface area (Å²) >= 11 is 0. The summed E-state index contributed by atoms with van der Waals surface area (Å²) in [4.78, 5) is 0. The van der Waals surface area contributed by atoms with Gasteiger partial charge in [0.05, 0.1) is 6.10 Å². The van der Waals surface area contributed by atoms with Gasteiger partial charge in [0.1, 0.15) is 0 Å². The smallest absolute Gasteiger partial charge is 0.0546 e. The maximum Gasteiger partial charge on any atom is 0.0546 e. The van der Waals surface area contributed by atoms with Crippen molar-refractivity contribution in [1.29, 1.82) is 0 Å². The van der Waals surface area contributed by atoms with Crippen LogP contribution in [0, 0.1) is 58.2 Å². The Balaban J connectivity index is 1.48. The van der Waals surface area contributed by atoms with E-state index in [1.165, 1.54) is 51.4 Å². The predicted molar refractivity (Wildman–Crippen MR) is 128 cm³/mol. The third kappa shape index (κ3) is 3.74. The summed E-state index contributed by atoms with van der Waals surface area (Å²) in [5.41, 5.74) is 0.997. The SMILES string of the molecule is CC[C@@H](CC[C@@H](C)[C@H]1CC[C@@H]2[C@@H]3C=C[C@@H]4C[C@H](O)CC[C@@]4(C)[C@H]3CC[C@@]21C)C(C)C. The topological polar surface area (TPSA) is 20.2 Å². The van der Waals surface area contributed by atoms with Crippen molar-refractivity contribution in [1.82, 2.24) is 0 Å². The van der Waals surface area contributed by atoms with Crippen molar-refractivity contribution in [3.8, 4) is 0 Å². The highest BCUT2D eigenvalue weighted by atomic mass is 16.3. The van der Waals surface area contributed by atoms with Gasteiger partial charge in [-0.1, -0.05) is 66.5 Å². The van der Waals surface area contributed by atoms with Crippen molar-refractivity contribution in [2.75, 3.05) is 0 Å². The molecule has 0 unspecified atom stereocenters. The Labute approximate surface area is 187 Å². The first-order valence-corrected chi connectivity index (χ1v) is 13.6. The largest absolute Gasteiger partial charge is 0.393 e. The van der Waals surface area contributed by atoms with E-state index in [1.807, 2.05) is 0 Å². The second-order valence-electron chi connectivity index (χ2n) is 12.9. The number of hydrogen-bond donors (Lipinski definition) is 1. The fraction of sp³-hybridized carbons (Fsp3) is 0.931. The Hall–Kier alpha value is -0.300. The van der Waals surface area contributed by atoms with Gasteiger partial charge in [-0.15, -0.1) is 0 Å². The van der Waals surface area contributed by atoms with Crippen molar-refractivity contribution in [3.63, 3.8) is 0 Å². The van der Waals surface area contributed by atoms with Crippen LogP contribution in [0.4, 0.5) is 0 Å². The minimum Gasteiger partial charge on any atom is -0.393 e. The number of hydrogen-bond acceptors (Lipinski definition) is 1. The lowest BCUT2D eigenvalue weighted by atomic mass is 9.46. The fourth-order valence-electron chi connectivity index (χ4n) is 9.26. The van der Waals surface area contributed by atoms with E-state index in [0.29, 0.717) is 16.7 Å². The van der Waals surface area contributed by atoms with E-state index in [0.717, 1.165) is 54.3 Å². The molecule has 1 N–H and O–H groups in total. The number of fused-ring (bicyclic) bond motifs is 5. The van der Waals surface area contributed by atoms with E-state index in [1.54, 1.807) is 0 Å². The quantitative estimate of drug-likeness (QED) is 0.438. The monoisotopic (exact) mass is 414 g/mol. The number of aliphatic hydroxyl groups is 1. The van der Waals surface area contributed by atoms with E-state index in [4.69, 9.17) is 0 Å². The molecular formula is C29H50O. The summed E-state index contributed by atoms with van der Waals surface area (Å²) in [5, 5.41) is 10.3. The molecule has 3 saturated carbocycles. The van der Waals surface area contributed by atoms with Crippen molar-refractivity contribution in [2.24, 2.45) is 58.2 Å². The molecule has 10 atom stereocenters. The van der Waals surface area contributed by atoms with Crippen LogP contribution in [0.15, 0.2) is 12.2 Å². The summed E-state index contributed by atoms with van der Waals surface area (Å²) in [7, 11) is 0. The lowest BCUT2D eigenvalue weighted by molar-refractivity contribution is -0.0814. The first-order valence-electron chi connectivity index (χ1n) is 13.6. The summed E-state index contributed by atoms with van der Waals surface area (Å²) in [6.45, 7) is 15.1. The zero-order chi connectivity index (χ0) is 21.7. The third-order valence-corrected chi connectivity index (χ3v) is 11.4. The Morgan fingerprint density at radius 1 is 0.900 bits per heavy atom. The van der Waals surface area contributed by atoms with Gasteiger partial charge < -0.3 is 5.11 Å². The van der Waals surface area contributed by atoms with Gasteiger partial charge in [-0.05, 0) is 110 Å². The van der Waals surface area contributed by atoms with Gasteiger partial charge in [-0.3, -0.25) is 0 Å². The maximum atomic E-state index is 10.3. The van der Waals surface area contributed by atoms with E-state index >= 15 is 0 Å². The van der Waals surface area contributed by atoms with Gasteiger partial charge in [0.2, 0.25) is 0 Å². The van der Waals surface area contributed by atoms with E-state index in [2.05, 4.69) is 53.7 Å². The molecule has 0 aromatic heterocycles. The van der Waals surface area contributed by atoms with Gasteiger partial charge in [0, 0.05) is 0 Å². The molecule has 0 aromatic carbocycles. The summed E-state index contributed by atoms with van der Waals surface area (Å²) < 4.78 is 0. The van der Waals surface area contributed by atoms with E-state index in [-0.39, 0.29) is 6.10 Å². The molecule has 0 bridgehead atoms. The van der Waals surface area contributed by atoms with Crippen LogP contribution in [-0.2, 0) is 0 Å². The second-order valence-corrected chi connectivity index (χ2v) is 12.9. The van der Waals surface area contributed by atoms with Gasteiger partial charge in [0.15, 0.2) is 0 Å². The summed E-state index contributed by atoms with van der Waals surface area (Å²) in [5.74, 6) is 6.73. The maximum absolute atomic E-state index is 10.3. The van der Waals surface area contributed by atoms with Crippen LogP contribution in [0.2, 0.25) is 0 Å². The fourth-order valence-corrected chi connectivity index (χ4v) is 9.26. The molecule has 172 valence electrons. The molecule has 0 radical (unpaired) electrons. The van der Waals surface area contributed by atoms with E-state index < -0.39 is 0 Å². The summed E-state index contributed by atoms with van der Waals surface area (Å²) in [6.07, 6.45) is 18.4. The minimum atomic E-state index is -0.0624. The molecule has 0 spiro atoms. The highest BCUT2D eigenvalue weighted by molar-refractivity contribution is 5.18. The molecule has 0 aliphatic heterocycles. The van der Waals surface area contributed by atoms with Crippen LogP contribution in [0.25, 0.3) is 0 Å². The molecule has 0 saturated heterocycles. The molecular weight excluding hydrogens is 364 g/mol. The average Bonchev–Trinajstić information content (AvgIpc) is 3.06. The van der Waals surface area contributed by atoms with Crippen molar-refractivity contribution >= 4 is 0 Å². The lowest BCUT2D eigenvalue weighted by Gasteiger charge is -2.59. The Kier molecular flexibility index (Phi) is 6.53. The van der Waals surface area contributed by atoms with Gasteiger partial charge in [-0.2, -0.15) is 0 Å². The van der Waals surface area contributed by atoms with Gasteiger partial charge >= 0.3 is 0 Å². The second kappa shape index (κ2) is 8.57. The Bertz CT molecular complexity index is 622. The van der Waals surface area contributed by atoms with Crippen LogP contribution in [0.5, 0.6) is 0 Å². The third-order valence-electron chi connectivity index (χ3n) is 11.4. The summed E-state index contributed by atoms with van der Waals surface area (Å²) in [6, 6.07) is 0. The standard InChI is InChI=1S/C29H50O/c1-7-21(19(2)3)9-8-20(4)25-12-13-26-24-11-10-22-18-23(30)14-16-28(22,5)27(24)15-17-29(25,26)6/h10-11,19-27,30H,7-9,12-18H2,1-6H3/t20-,21+,22-,23-,24+,25-,26-,27+,28-,29-/m1/s1. The molecule has 30 heavy (non-hydrogen) atoms. The zero-order valence-electron chi connectivity index (χ0n) is 20.9. The van der Waals surface area contributed by atoms with E-state index in [9.17, 15) is 5.11 Å². The normalized spacial score (nSPS) is 47.5. The molecule has 4 aliphatic carbocycles. The molecule has 4 aliphatic rings. The van der Waals surface area contributed by atoms with Crippen LogP contribution >= 0.6 is 0 Å². The zero-order valence-corrected chi connectivity index (χ0v) is 20.9. The average molecular weight is 415 g/mol. The van der Waals surface area contributed by atoms with Gasteiger partial charge in [0.25, 0.3) is 0 Å². The molecule has 0 amide bonds. The van der Waals surface area contributed by atoms with Crippen LogP contribution < -0.4 is 0 Å². The molecule has 4 rings (SSSR count). The molecule has 3 fully saturated rings. The molecule has 0 heterocycles. The minimum absolute atomic E-state index is 0.0624. The van der Waals surface area contributed by atoms with Crippen molar-refractivity contribution in [3.05, 3.63) is 12.2 Å². The van der Waals surface area contributed by atoms with Crippen molar-refractivity contribution in [2.45, 2.75) is 112 Å². The highest BCUT2D eigenvalue weighted by Gasteiger charge is 2.59. The highest BCUT2D eigenvalue weighted by Crippen LogP contribution is 2.67. The molecule has 0 aromatic rings. The van der Waals surface area contributed by atoms with Crippen molar-refractivity contribution < 1.29 is 5.11 Å². The molecule has 1 heteroatoms. The number of aliphatic hydroxyl groups excluding tert-OH is 1. The first kappa shape index (κ1) is 22.9. The van der Waals surface area contributed by atoms with Gasteiger partial charge in [-0.25, -0.2) is 0 Å². The Morgan fingerprint density at radius 2 is 1.60 bits per heavy atom. The number of allylic oxidation sites excluding steroid dienone is 2. The van der Waals surface area contributed by atoms with Crippen LogP contribution in [0.3, 0.4) is 0 Å². The predicted octanol–water partition coefficient (Wildman–Crippen LogP) is 7.88. The Morgan fingerprint density at radius 3 is 2.30 bits per heavy atom. The van der Waals surface area contributed by atoms with Crippen LogP contribution in [-0.4, -0.2) is 11.2 Å². The lowest BCUT2D eigenvalue weighted by Crippen LogP contribution is -2.52. The first-order chi connectivity index (χ1) is 14.2. The number of rotatable bonds is 6.